The molecule has 0 saturated heterocycles. The van der Waals surface area contributed by atoms with Gasteiger partial charge in [0, 0.05) is 16.5 Å². The summed E-state index contributed by atoms with van der Waals surface area (Å²) in [5.41, 5.74) is 1.65. The molecule has 0 aliphatic rings. The average Bonchev–Trinajstić information content (AvgIpc) is 3.16. The quantitative estimate of drug-likeness (QED) is 0.432. The molecule has 3 rings (SSSR count). The van der Waals surface area contributed by atoms with Crippen LogP contribution in [-0.2, 0) is 0 Å². The predicted molar refractivity (Wildman–Crippen MR) is 110 cm³/mol. The number of aromatic nitrogens is 2. The number of nitrogens with zero attached hydrogens (tertiary/aromatic N) is 3. The van der Waals surface area contributed by atoms with Crippen molar-refractivity contribution in [2.75, 3.05) is 11.9 Å². The van der Waals surface area contributed by atoms with Crippen LogP contribution >= 0.6 is 27.5 Å². The Hall–Kier alpha value is -2.56. The molecule has 8 heteroatoms. The highest BCUT2D eigenvalue weighted by atomic mass is 79.9. The van der Waals surface area contributed by atoms with Crippen LogP contribution in [0.1, 0.15) is 19.4 Å². The maximum Gasteiger partial charge on any atom is 0.258 e. The van der Waals surface area contributed by atoms with Crippen LogP contribution in [0.2, 0.25) is 5.02 Å². The van der Waals surface area contributed by atoms with E-state index in [1.165, 1.54) is 0 Å². The summed E-state index contributed by atoms with van der Waals surface area (Å²) in [7, 11) is 0. The zero-order valence-corrected chi connectivity index (χ0v) is 17.6. The number of hydrogen-bond acceptors (Lipinski definition) is 6. The van der Waals surface area contributed by atoms with Gasteiger partial charge in [0.1, 0.15) is 17.6 Å². The van der Waals surface area contributed by atoms with Gasteiger partial charge in [-0.15, -0.1) is 0 Å². The van der Waals surface area contributed by atoms with E-state index >= 15 is 0 Å². The lowest BCUT2D eigenvalue weighted by molar-refractivity contribution is 0.241. The molecule has 2 aromatic carbocycles. The number of rotatable bonds is 7. The minimum absolute atomic E-state index is 0.0310. The van der Waals surface area contributed by atoms with Crippen molar-refractivity contribution in [3.63, 3.8) is 0 Å². The lowest BCUT2D eigenvalue weighted by Gasteiger charge is -2.11. The van der Waals surface area contributed by atoms with Gasteiger partial charge in [-0.1, -0.05) is 32.7 Å². The number of halogens is 2. The summed E-state index contributed by atoms with van der Waals surface area (Å²) < 4.78 is 16.5. The second-order valence-electron chi connectivity index (χ2n) is 6.09. The van der Waals surface area contributed by atoms with E-state index in [9.17, 15) is 5.26 Å². The van der Waals surface area contributed by atoms with Gasteiger partial charge < -0.3 is 14.0 Å². The Morgan fingerprint density at radius 1 is 1.25 bits per heavy atom. The van der Waals surface area contributed by atoms with E-state index in [0.717, 1.165) is 5.33 Å². The number of benzene rings is 2. The van der Waals surface area contributed by atoms with Gasteiger partial charge in [-0.05, 0) is 50.2 Å². The standard InChI is InChI=1S/C20H17BrClN3O3/c1-12(2)27-18-6-3-13(9-14(18)11-23)20-24-19(25-28-20)16-5-4-15(10-17(16)22)26-8-7-21/h3-6,9-10,12H,7-8H2,1-2H3. The number of nitriles is 1. The maximum absolute atomic E-state index is 9.38. The molecule has 0 fully saturated rings. The molecule has 0 amide bonds. The van der Waals surface area contributed by atoms with Crippen LogP contribution < -0.4 is 9.47 Å². The molecule has 0 spiro atoms. The Balaban J connectivity index is 1.87. The Morgan fingerprint density at radius 2 is 2.07 bits per heavy atom. The molecule has 0 radical (unpaired) electrons. The first-order valence-corrected chi connectivity index (χ1v) is 10.1. The van der Waals surface area contributed by atoms with E-state index in [1.54, 1.807) is 36.4 Å². The number of ether oxygens (including phenoxy) is 2. The van der Waals surface area contributed by atoms with Crippen LogP contribution in [0.25, 0.3) is 22.8 Å². The van der Waals surface area contributed by atoms with Crippen molar-refractivity contribution >= 4 is 27.5 Å². The normalized spacial score (nSPS) is 10.7. The van der Waals surface area contributed by atoms with Crippen molar-refractivity contribution in [1.29, 1.82) is 5.26 Å². The first-order chi connectivity index (χ1) is 13.5. The van der Waals surface area contributed by atoms with Crippen molar-refractivity contribution in [2.45, 2.75) is 20.0 Å². The van der Waals surface area contributed by atoms with E-state index < -0.39 is 0 Å². The van der Waals surface area contributed by atoms with E-state index in [0.29, 0.717) is 51.5 Å². The summed E-state index contributed by atoms with van der Waals surface area (Å²) in [5.74, 6) is 1.82. The van der Waals surface area contributed by atoms with Gasteiger partial charge in [-0.2, -0.15) is 10.2 Å². The minimum Gasteiger partial charge on any atom is -0.493 e. The summed E-state index contributed by atoms with van der Waals surface area (Å²) in [4.78, 5) is 4.41. The molecular formula is C20H17BrClN3O3. The highest BCUT2D eigenvalue weighted by Gasteiger charge is 2.16. The molecule has 1 aromatic heterocycles. The Morgan fingerprint density at radius 3 is 2.75 bits per heavy atom. The minimum atomic E-state index is -0.0310. The lowest BCUT2D eigenvalue weighted by atomic mass is 10.1. The third-order valence-electron chi connectivity index (χ3n) is 3.66. The van der Waals surface area contributed by atoms with E-state index in [2.05, 4.69) is 32.1 Å². The molecule has 3 aromatic rings. The Labute approximate surface area is 176 Å². The first-order valence-electron chi connectivity index (χ1n) is 8.55. The fourth-order valence-electron chi connectivity index (χ4n) is 2.48. The zero-order valence-electron chi connectivity index (χ0n) is 15.3. The fraction of sp³-hybridized carbons (Fsp3) is 0.250. The molecule has 144 valence electrons. The molecule has 6 nitrogen and oxygen atoms in total. The van der Waals surface area contributed by atoms with Gasteiger partial charge in [0.25, 0.3) is 5.89 Å². The number of hydrogen-bond donors (Lipinski definition) is 0. The van der Waals surface area contributed by atoms with Gasteiger partial charge >= 0.3 is 0 Å². The molecule has 0 aliphatic carbocycles. The summed E-state index contributed by atoms with van der Waals surface area (Å²) in [6.45, 7) is 4.35. The van der Waals surface area contributed by atoms with Crippen LogP contribution in [0, 0.1) is 11.3 Å². The molecule has 0 aliphatic heterocycles. The van der Waals surface area contributed by atoms with Crippen LogP contribution in [0.5, 0.6) is 11.5 Å². The summed E-state index contributed by atoms with van der Waals surface area (Å²) in [5, 5.41) is 14.6. The molecule has 0 bridgehead atoms. The first kappa shape index (κ1) is 20.2. The molecule has 1 heterocycles. The topological polar surface area (TPSA) is 81.2 Å². The van der Waals surface area contributed by atoms with Gasteiger partial charge in [0.05, 0.1) is 23.3 Å². The Kier molecular flexibility index (Phi) is 6.55. The highest BCUT2D eigenvalue weighted by molar-refractivity contribution is 9.09. The molecule has 0 N–H and O–H groups in total. The highest BCUT2D eigenvalue weighted by Crippen LogP contribution is 2.32. The van der Waals surface area contributed by atoms with Gasteiger partial charge in [0.15, 0.2) is 0 Å². The molecule has 28 heavy (non-hydrogen) atoms. The third kappa shape index (κ3) is 4.64. The smallest absolute Gasteiger partial charge is 0.258 e. The third-order valence-corrected chi connectivity index (χ3v) is 4.30. The van der Waals surface area contributed by atoms with Crippen molar-refractivity contribution in [3.05, 3.63) is 47.0 Å². The summed E-state index contributed by atoms with van der Waals surface area (Å²) in [6.07, 6.45) is -0.0310. The Bertz CT molecular complexity index is 1010. The molecule has 0 unspecified atom stereocenters. The van der Waals surface area contributed by atoms with Crippen molar-refractivity contribution in [2.24, 2.45) is 0 Å². The molecule has 0 atom stereocenters. The van der Waals surface area contributed by atoms with E-state index in [1.807, 2.05) is 13.8 Å². The monoisotopic (exact) mass is 461 g/mol. The average molecular weight is 463 g/mol. The number of alkyl halides is 1. The molecule has 0 saturated carbocycles. The van der Waals surface area contributed by atoms with Crippen molar-refractivity contribution in [1.82, 2.24) is 10.1 Å². The zero-order chi connectivity index (χ0) is 20.1. The lowest BCUT2D eigenvalue weighted by Crippen LogP contribution is -2.06. The van der Waals surface area contributed by atoms with Crippen molar-refractivity contribution in [3.8, 4) is 40.4 Å². The van der Waals surface area contributed by atoms with Gasteiger partial charge in [0.2, 0.25) is 5.82 Å². The summed E-state index contributed by atoms with van der Waals surface area (Å²) in [6, 6.07) is 12.6. The second kappa shape index (κ2) is 9.09. The predicted octanol–water partition coefficient (Wildman–Crippen LogP) is 5.49. The molecular weight excluding hydrogens is 446 g/mol. The summed E-state index contributed by atoms with van der Waals surface area (Å²) >= 11 is 9.65. The van der Waals surface area contributed by atoms with Crippen LogP contribution in [0.3, 0.4) is 0 Å². The van der Waals surface area contributed by atoms with Gasteiger partial charge in [-0.25, -0.2) is 0 Å². The van der Waals surface area contributed by atoms with Crippen LogP contribution in [0.15, 0.2) is 40.9 Å². The maximum atomic E-state index is 9.38. The van der Waals surface area contributed by atoms with E-state index in [-0.39, 0.29) is 6.10 Å². The SMILES string of the molecule is CC(C)Oc1ccc(-c2nc(-c3ccc(OCCBr)cc3Cl)no2)cc1C#N. The van der Waals surface area contributed by atoms with Crippen molar-refractivity contribution < 1.29 is 14.0 Å². The largest absolute Gasteiger partial charge is 0.493 e. The van der Waals surface area contributed by atoms with Crippen LogP contribution in [0.4, 0.5) is 0 Å². The van der Waals surface area contributed by atoms with Gasteiger partial charge in [-0.3, -0.25) is 0 Å². The second-order valence-corrected chi connectivity index (χ2v) is 7.29. The van der Waals surface area contributed by atoms with E-state index in [4.69, 9.17) is 25.6 Å². The van der Waals surface area contributed by atoms with Crippen LogP contribution in [-0.4, -0.2) is 28.2 Å². The fourth-order valence-corrected chi connectivity index (χ4v) is 2.90.